The average molecular weight is 467 g/mol. The van der Waals surface area contributed by atoms with Crippen LogP contribution < -0.4 is 0 Å². The molecule has 3 rings (SSSR count). The molecule has 2 aliphatic heterocycles. The molecule has 2 saturated heterocycles. The van der Waals surface area contributed by atoms with Crippen molar-refractivity contribution in [2.75, 3.05) is 13.2 Å². The second kappa shape index (κ2) is 10.8. The molecule has 7 N–H and O–H groups in total. The van der Waals surface area contributed by atoms with Crippen LogP contribution in [0.25, 0.3) is 0 Å². The van der Waals surface area contributed by atoms with E-state index in [9.17, 15) is 35.7 Å². The smallest absolute Gasteiger partial charge is 0.187 e. The van der Waals surface area contributed by atoms with E-state index in [1.165, 1.54) is 0 Å². The Morgan fingerprint density at radius 1 is 0.742 bits per heavy atom. The SMILES string of the molecule is OC[C@H]1O[C@@H](OC[C@H]2O[C@H](OCc3ccccc3Cl)[C@H](O)[C@@H](O)[C@@H]2O)[C@H](O)[C@@H](O)[C@@H]1O. The van der Waals surface area contributed by atoms with E-state index < -0.39 is 74.6 Å². The van der Waals surface area contributed by atoms with Gasteiger partial charge in [0.15, 0.2) is 12.6 Å². The first-order valence-corrected chi connectivity index (χ1v) is 10.1. The fraction of sp³-hybridized carbons (Fsp3) is 0.684. The third kappa shape index (κ3) is 5.53. The van der Waals surface area contributed by atoms with Gasteiger partial charge in [0, 0.05) is 5.02 Å². The highest BCUT2D eigenvalue weighted by atomic mass is 35.5. The summed E-state index contributed by atoms with van der Waals surface area (Å²) in [5, 5.41) is 69.9. The number of benzene rings is 1. The van der Waals surface area contributed by atoms with Crippen LogP contribution in [-0.4, -0.2) is 110 Å². The highest BCUT2D eigenvalue weighted by Crippen LogP contribution is 2.27. The van der Waals surface area contributed by atoms with Crippen LogP contribution in [0, 0.1) is 0 Å². The summed E-state index contributed by atoms with van der Waals surface area (Å²) in [6, 6.07) is 6.86. The maximum atomic E-state index is 10.2. The van der Waals surface area contributed by atoms with Crippen molar-refractivity contribution in [3.63, 3.8) is 0 Å². The number of rotatable bonds is 7. The van der Waals surface area contributed by atoms with Gasteiger partial charge >= 0.3 is 0 Å². The summed E-state index contributed by atoms with van der Waals surface area (Å²) in [5.74, 6) is 0. The van der Waals surface area contributed by atoms with Crippen LogP contribution in [0.1, 0.15) is 5.56 Å². The molecule has 2 aliphatic rings. The topological polar surface area (TPSA) is 179 Å². The standard InChI is InChI=1S/C19H27ClO11/c20-9-4-2-1-3-8(9)6-28-18-17(27)15(25)13(23)11(31-18)7-29-19-16(26)14(24)12(22)10(5-21)30-19/h1-4,10-19,21-27H,5-7H2/t10-,11-,12-,13-,14+,15+,16-,17-,18+,19-/m1/s1. The van der Waals surface area contributed by atoms with E-state index in [-0.39, 0.29) is 6.61 Å². The zero-order valence-corrected chi connectivity index (χ0v) is 17.1. The van der Waals surface area contributed by atoms with Gasteiger partial charge in [0.25, 0.3) is 0 Å². The van der Waals surface area contributed by atoms with Crippen molar-refractivity contribution in [2.45, 2.75) is 68.0 Å². The van der Waals surface area contributed by atoms with Gasteiger partial charge < -0.3 is 54.7 Å². The van der Waals surface area contributed by atoms with Crippen LogP contribution in [0.15, 0.2) is 24.3 Å². The Bertz CT molecular complexity index is 707. The molecule has 0 aromatic heterocycles. The molecule has 12 heteroatoms. The first-order valence-electron chi connectivity index (χ1n) is 9.71. The van der Waals surface area contributed by atoms with Crippen molar-refractivity contribution in [3.05, 3.63) is 34.9 Å². The number of hydrogen-bond donors (Lipinski definition) is 7. The fourth-order valence-electron chi connectivity index (χ4n) is 3.37. The van der Waals surface area contributed by atoms with Crippen LogP contribution in [0.4, 0.5) is 0 Å². The minimum absolute atomic E-state index is 0.0372. The van der Waals surface area contributed by atoms with Crippen molar-refractivity contribution in [2.24, 2.45) is 0 Å². The van der Waals surface area contributed by atoms with Gasteiger partial charge in [0.1, 0.15) is 48.8 Å². The lowest BCUT2D eigenvalue weighted by molar-refractivity contribution is -0.332. The molecule has 0 radical (unpaired) electrons. The van der Waals surface area contributed by atoms with E-state index in [1.807, 2.05) is 0 Å². The molecule has 0 saturated carbocycles. The molecule has 2 fully saturated rings. The van der Waals surface area contributed by atoms with Gasteiger partial charge in [0.05, 0.1) is 19.8 Å². The summed E-state index contributed by atoms with van der Waals surface area (Å²) in [6.45, 7) is -1.10. The van der Waals surface area contributed by atoms with E-state index in [1.54, 1.807) is 24.3 Å². The Balaban J connectivity index is 1.60. The second-order valence-corrected chi connectivity index (χ2v) is 7.85. The number of aliphatic hydroxyl groups is 7. The average Bonchev–Trinajstić information content (AvgIpc) is 2.77. The summed E-state index contributed by atoms with van der Waals surface area (Å²) in [6.07, 6.45) is -14.7. The van der Waals surface area contributed by atoms with E-state index >= 15 is 0 Å². The van der Waals surface area contributed by atoms with Crippen LogP contribution in [-0.2, 0) is 25.6 Å². The van der Waals surface area contributed by atoms with E-state index in [0.29, 0.717) is 10.6 Å². The normalized spacial score (nSPS) is 41.3. The molecular formula is C19H27ClO11. The first kappa shape index (κ1) is 24.7. The molecule has 0 unspecified atom stereocenters. The molecule has 31 heavy (non-hydrogen) atoms. The predicted octanol–water partition coefficient (Wildman–Crippen LogP) is -2.52. The molecule has 176 valence electrons. The van der Waals surface area contributed by atoms with Gasteiger partial charge in [-0.2, -0.15) is 0 Å². The van der Waals surface area contributed by atoms with Crippen LogP contribution in [0.5, 0.6) is 0 Å². The molecule has 0 amide bonds. The number of ether oxygens (including phenoxy) is 4. The van der Waals surface area contributed by atoms with E-state index in [0.717, 1.165) is 0 Å². The van der Waals surface area contributed by atoms with Gasteiger partial charge in [-0.15, -0.1) is 0 Å². The maximum Gasteiger partial charge on any atom is 0.187 e. The molecule has 0 spiro atoms. The molecule has 11 nitrogen and oxygen atoms in total. The highest BCUT2D eigenvalue weighted by molar-refractivity contribution is 6.31. The predicted molar refractivity (Wildman–Crippen MR) is 103 cm³/mol. The summed E-state index contributed by atoms with van der Waals surface area (Å²) in [7, 11) is 0. The molecule has 0 bridgehead atoms. The van der Waals surface area contributed by atoms with E-state index in [2.05, 4.69) is 0 Å². The highest BCUT2D eigenvalue weighted by Gasteiger charge is 2.47. The van der Waals surface area contributed by atoms with Crippen molar-refractivity contribution in [1.82, 2.24) is 0 Å². The molecule has 2 heterocycles. The summed E-state index contributed by atoms with van der Waals surface area (Å²) >= 11 is 6.07. The maximum absolute atomic E-state index is 10.2. The minimum atomic E-state index is -1.64. The molecule has 10 atom stereocenters. The van der Waals surface area contributed by atoms with Gasteiger partial charge in [-0.1, -0.05) is 29.8 Å². The Labute approximate surface area is 182 Å². The quantitative estimate of drug-likeness (QED) is 0.225. The Morgan fingerprint density at radius 2 is 1.29 bits per heavy atom. The Hall–Kier alpha value is -0.930. The summed E-state index contributed by atoms with van der Waals surface area (Å²) in [5.41, 5.74) is 0.620. The Kier molecular flexibility index (Phi) is 8.60. The third-order valence-corrected chi connectivity index (χ3v) is 5.67. The van der Waals surface area contributed by atoms with E-state index in [4.69, 9.17) is 30.5 Å². The van der Waals surface area contributed by atoms with Crippen molar-refractivity contribution >= 4 is 11.6 Å². The van der Waals surface area contributed by atoms with Gasteiger partial charge in [-0.25, -0.2) is 0 Å². The van der Waals surface area contributed by atoms with Crippen LogP contribution in [0.2, 0.25) is 5.02 Å². The number of halogens is 1. The Morgan fingerprint density at radius 3 is 1.90 bits per heavy atom. The zero-order chi connectivity index (χ0) is 22.7. The van der Waals surface area contributed by atoms with Crippen LogP contribution >= 0.6 is 11.6 Å². The van der Waals surface area contributed by atoms with Gasteiger partial charge in [-0.3, -0.25) is 0 Å². The summed E-state index contributed by atoms with van der Waals surface area (Å²) in [4.78, 5) is 0. The minimum Gasteiger partial charge on any atom is -0.394 e. The monoisotopic (exact) mass is 466 g/mol. The van der Waals surface area contributed by atoms with Crippen molar-refractivity contribution < 1.29 is 54.7 Å². The zero-order valence-electron chi connectivity index (χ0n) is 16.3. The molecule has 1 aromatic rings. The fourth-order valence-corrected chi connectivity index (χ4v) is 3.56. The summed E-state index contributed by atoms with van der Waals surface area (Å²) < 4.78 is 21.6. The first-order chi connectivity index (χ1) is 14.7. The molecule has 0 aliphatic carbocycles. The lowest BCUT2D eigenvalue weighted by Crippen LogP contribution is -2.61. The molecule has 1 aromatic carbocycles. The van der Waals surface area contributed by atoms with Crippen molar-refractivity contribution in [3.8, 4) is 0 Å². The lowest BCUT2D eigenvalue weighted by Gasteiger charge is -2.42. The lowest BCUT2D eigenvalue weighted by atomic mass is 9.98. The van der Waals surface area contributed by atoms with Crippen molar-refractivity contribution in [1.29, 1.82) is 0 Å². The number of hydrogen-bond acceptors (Lipinski definition) is 11. The van der Waals surface area contributed by atoms with Crippen LogP contribution in [0.3, 0.4) is 0 Å². The molecular weight excluding hydrogens is 440 g/mol. The third-order valence-electron chi connectivity index (χ3n) is 5.30. The largest absolute Gasteiger partial charge is 0.394 e. The second-order valence-electron chi connectivity index (χ2n) is 7.45. The van der Waals surface area contributed by atoms with Gasteiger partial charge in [-0.05, 0) is 11.6 Å². The van der Waals surface area contributed by atoms with Gasteiger partial charge in [0.2, 0.25) is 0 Å². The number of aliphatic hydroxyl groups excluding tert-OH is 7.